The highest BCUT2D eigenvalue weighted by atomic mass is 35.5. The molecule has 236 valence electrons. The zero-order valence-electron chi connectivity index (χ0n) is 24.9. The largest absolute Gasteiger partial charge is 0.493 e. The highest BCUT2D eigenvalue weighted by molar-refractivity contribution is 7.21. The van der Waals surface area contributed by atoms with Gasteiger partial charge in [0.05, 0.1) is 51.3 Å². The quantitative estimate of drug-likeness (QED) is 0.201. The van der Waals surface area contributed by atoms with Crippen molar-refractivity contribution in [2.75, 3.05) is 57.2 Å². The normalized spacial score (nSPS) is 15.8. The SMILES string of the molecule is COc1cc(NC(=O)c2sc3ncnc4c3c2NC(=O)N4c2cc(OC)c(OC)c(OC)c2Cl)ccc1OCC1CCCCO1. The fraction of sp³-hybridized carbons (Fsp3) is 0.333. The van der Waals surface area contributed by atoms with E-state index in [1.54, 1.807) is 24.3 Å². The smallest absolute Gasteiger partial charge is 0.332 e. The maximum absolute atomic E-state index is 13.6. The van der Waals surface area contributed by atoms with Crippen LogP contribution in [0, 0.1) is 0 Å². The molecule has 2 aromatic carbocycles. The van der Waals surface area contributed by atoms with E-state index in [0.29, 0.717) is 34.0 Å². The van der Waals surface area contributed by atoms with Gasteiger partial charge in [0.2, 0.25) is 5.75 Å². The molecule has 4 aromatic rings. The van der Waals surface area contributed by atoms with Gasteiger partial charge in [0.15, 0.2) is 28.8 Å². The first-order valence-corrected chi connectivity index (χ1v) is 15.2. The van der Waals surface area contributed by atoms with Crippen LogP contribution >= 0.6 is 22.9 Å². The van der Waals surface area contributed by atoms with Crippen molar-refractivity contribution in [3.05, 3.63) is 40.5 Å². The second-order valence-electron chi connectivity index (χ2n) is 10.0. The molecular weight excluding hydrogens is 626 g/mol. The maximum atomic E-state index is 13.6. The van der Waals surface area contributed by atoms with Gasteiger partial charge < -0.3 is 39.1 Å². The number of amides is 3. The minimum atomic E-state index is -0.601. The van der Waals surface area contributed by atoms with E-state index in [1.807, 2.05) is 0 Å². The van der Waals surface area contributed by atoms with Crippen LogP contribution in [0.1, 0.15) is 28.9 Å². The minimum absolute atomic E-state index is 0.0386. The molecule has 13 nitrogen and oxygen atoms in total. The third-order valence-electron chi connectivity index (χ3n) is 7.43. The number of methoxy groups -OCH3 is 4. The van der Waals surface area contributed by atoms with Gasteiger partial charge in [0.1, 0.15) is 27.7 Å². The summed E-state index contributed by atoms with van der Waals surface area (Å²) in [5.74, 6) is 1.51. The summed E-state index contributed by atoms with van der Waals surface area (Å²) in [5, 5.41) is 6.29. The zero-order chi connectivity index (χ0) is 31.7. The second-order valence-corrected chi connectivity index (χ2v) is 11.4. The van der Waals surface area contributed by atoms with E-state index in [2.05, 4.69) is 20.6 Å². The molecule has 2 aliphatic heterocycles. The van der Waals surface area contributed by atoms with Crippen LogP contribution in [0.5, 0.6) is 28.7 Å². The van der Waals surface area contributed by atoms with Gasteiger partial charge in [-0.1, -0.05) is 11.6 Å². The van der Waals surface area contributed by atoms with Crippen molar-refractivity contribution in [1.82, 2.24) is 9.97 Å². The van der Waals surface area contributed by atoms with Gasteiger partial charge in [0, 0.05) is 24.4 Å². The molecule has 3 amide bonds. The minimum Gasteiger partial charge on any atom is -0.493 e. The van der Waals surface area contributed by atoms with Crippen molar-refractivity contribution in [2.45, 2.75) is 25.4 Å². The Kier molecular flexibility index (Phi) is 8.70. The number of hydrogen-bond donors (Lipinski definition) is 2. The van der Waals surface area contributed by atoms with E-state index < -0.39 is 11.9 Å². The molecule has 0 aliphatic carbocycles. The average Bonchev–Trinajstić information content (AvgIpc) is 3.44. The van der Waals surface area contributed by atoms with E-state index >= 15 is 0 Å². The van der Waals surface area contributed by atoms with Crippen molar-refractivity contribution < 1.29 is 38.0 Å². The van der Waals surface area contributed by atoms with Crippen LogP contribution in [-0.2, 0) is 4.74 Å². The number of thiophene rings is 1. The number of rotatable bonds is 10. The Bertz CT molecular complexity index is 1780. The van der Waals surface area contributed by atoms with Crippen molar-refractivity contribution in [3.63, 3.8) is 0 Å². The number of ether oxygens (including phenoxy) is 6. The summed E-state index contributed by atoms with van der Waals surface area (Å²) < 4.78 is 33.6. The molecule has 6 rings (SSSR count). The van der Waals surface area contributed by atoms with Crippen molar-refractivity contribution in [3.8, 4) is 28.7 Å². The molecule has 15 heteroatoms. The number of carbonyl (C=O) groups excluding carboxylic acids is 2. The van der Waals surface area contributed by atoms with E-state index in [-0.39, 0.29) is 50.4 Å². The van der Waals surface area contributed by atoms with Gasteiger partial charge in [-0.15, -0.1) is 11.3 Å². The monoisotopic (exact) mass is 655 g/mol. The Morgan fingerprint density at radius 3 is 2.58 bits per heavy atom. The lowest BCUT2D eigenvalue weighted by Gasteiger charge is -2.29. The summed E-state index contributed by atoms with van der Waals surface area (Å²) in [5.41, 5.74) is 0.991. The lowest BCUT2D eigenvalue weighted by Crippen LogP contribution is -2.35. The highest BCUT2D eigenvalue weighted by Crippen LogP contribution is 2.52. The van der Waals surface area contributed by atoms with Gasteiger partial charge in [-0.25, -0.2) is 19.7 Å². The molecular formula is C30H30ClN5O8S. The highest BCUT2D eigenvalue weighted by Gasteiger charge is 2.36. The summed E-state index contributed by atoms with van der Waals surface area (Å²) in [6.07, 6.45) is 4.48. The van der Waals surface area contributed by atoms with Crippen LogP contribution in [-0.4, -0.2) is 69.7 Å². The Morgan fingerprint density at radius 2 is 1.87 bits per heavy atom. The lowest BCUT2D eigenvalue weighted by molar-refractivity contribution is -0.0114. The van der Waals surface area contributed by atoms with Gasteiger partial charge in [0.25, 0.3) is 5.91 Å². The maximum Gasteiger partial charge on any atom is 0.332 e. The van der Waals surface area contributed by atoms with E-state index in [9.17, 15) is 9.59 Å². The molecule has 0 radical (unpaired) electrons. The zero-order valence-corrected chi connectivity index (χ0v) is 26.5. The number of carbonyl (C=O) groups is 2. The van der Waals surface area contributed by atoms with Crippen LogP contribution in [0.4, 0.5) is 27.7 Å². The van der Waals surface area contributed by atoms with Crippen molar-refractivity contribution >= 4 is 68.0 Å². The Morgan fingerprint density at radius 1 is 1.07 bits per heavy atom. The number of nitrogens with one attached hydrogen (secondary N) is 2. The number of benzene rings is 2. The fourth-order valence-electron chi connectivity index (χ4n) is 5.29. The van der Waals surface area contributed by atoms with Crippen LogP contribution in [0.25, 0.3) is 10.2 Å². The molecule has 2 aliphatic rings. The number of halogens is 1. The standard InChI is InChI=1S/C30H30ClN5O8S/c1-39-19-11-15(8-9-18(19)44-13-16-7-5-6-10-43-16)34-28(37)26-23-21-27(32-14-33-29(21)45-26)36(30(38)35-23)17-12-20(40-2)24(41-3)25(42-4)22(17)31/h8-9,11-12,14,16H,5-7,10,13H2,1-4H3,(H,34,37)(H,35,38). The second kappa shape index (κ2) is 12.8. The summed E-state index contributed by atoms with van der Waals surface area (Å²) in [6.45, 7) is 1.15. The topological polar surface area (TPSA) is 143 Å². The van der Waals surface area contributed by atoms with Crippen LogP contribution in [0.15, 0.2) is 30.6 Å². The number of anilines is 4. The molecule has 4 heterocycles. The molecule has 1 fully saturated rings. The summed E-state index contributed by atoms with van der Waals surface area (Å²) >= 11 is 7.83. The Balaban J connectivity index is 1.30. The number of nitrogens with zero attached hydrogens (tertiary/aromatic N) is 3. The van der Waals surface area contributed by atoms with Crippen molar-refractivity contribution in [1.29, 1.82) is 0 Å². The molecule has 1 atom stereocenters. The number of urea groups is 1. The summed E-state index contributed by atoms with van der Waals surface area (Å²) in [6, 6.07) is 6.07. The van der Waals surface area contributed by atoms with E-state index in [4.69, 9.17) is 40.0 Å². The molecule has 2 N–H and O–H groups in total. The first kappa shape index (κ1) is 30.5. The molecule has 1 unspecified atom stereocenters. The van der Waals surface area contributed by atoms with Crippen molar-refractivity contribution in [2.24, 2.45) is 0 Å². The van der Waals surface area contributed by atoms with Gasteiger partial charge >= 0.3 is 6.03 Å². The summed E-state index contributed by atoms with van der Waals surface area (Å²) in [4.78, 5) is 38.0. The third kappa shape index (κ3) is 5.60. The first-order chi connectivity index (χ1) is 21.9. The summed E-state index contributed by atoms with van der Waals surface area (Å²) in [7, 11) is 5.87. The molecule has 45 heavy (non-hydrogen) atoms. The van der Waals surface area contributed by atoms with Crippen LogP contribution < -0.4 is 39.2 Å². The van der Waals surface area contributed by atoms with E-state index in [1.165, 1.54) is 39.7 Å². The lowest BCUT2D eigenvalue weighted by atomic mass is 10.1. The van der Waals surface area contributed by atoms with Gasteiger partial charge in [-0.3, -0.25) is 4.79 Å². The molecule has 2 aromatic heterocycles. The molecule has 0 spiro atoms. The fourth-order valence-corrected chi connectivity index (χ4v) is 6.58. The van der Waals surface area contributed by atoms with Gasteiger partial charge in [-0.2, -0.15) is 0 Å². The van der Waals surface area contributed by atoms with Crippen LogP contribution in [0.2, 0.25) is 5.02 Å². The molecule has 1 saturated heterocycles. The molecule has 0 bridgehead atoms. The van der Waals surface area contributed by atoms with Gasteiger partial charge in [-0.05, 0) is 31.4 Å². The average molecular weight is 656 g/mol. The van der Waals surface area contributed by atoms with Crippen LogP contribution in [0.3, 0.4) is 0 Å². The number of hydrogen-bond acceptors (Lipinski definition) is 11. The predicted molar refractivity (Wildman–Crippen MR) is 170 cm³/mol. The first-order valence-electron chi connectivity index (χ1n) is 14.0. The third-order valence-corrected chi connectivity index (χ3v) is 8.89. The predicted octanol–water partition coefficient (Wildman–Crippen LogP) is 6.26. The number of aromatic nitrogens is 2. The molecule has 0 saturated carbocycles. The van der Waals surface area contributed by atoms with E-state index in [0.717, 1.165) is 37.2 Å². The Hall–Kier alpha value is -4.53. The Labute approximate surface area is 267 Å².